The first-order chi connectivity index (χ1) is 6.14. The normalized spacial score (nSPS) is 51.5. The third kappa shape index (κ3) is 1.40. The fourth-order valence-corrected chi connectivity index (χ4v) is 3.12. The first-order valence-electron chi connectivity index (χ1n) is 5.51. The molecule has 0 radical (unpaired) electrons. The molecule has 2 saturated carbocycles. The van der Waals surface area contributed by atoms with Gasteiger partial charge in [0.25, 0.3) is 0 Å². The fraction of sp³-hybridized carbons (Fsp3) is 1.00. The Morgan fingerprint density at radius 3 is 2.62 bits per heavy atom. The molecule has 76 valence electrons. The second-order valence-electron chi connectivity index (χ2n) is 5.05. The van der Waals surface area contributed by atoms with Crippen LogP contribution in [0.1, 0.15) is 45.4 Å². The van der Waals surface area contributed by atoms with E-state index in [0.717, 1.165) is 25.7 Å². The first kappa shape index (κ1) is 9.47. The highest BCUT2D eigenvalue weighted by atomic mass is 16.3. The van der Waals surface area contributed by atoms with Crippen molar-refractivity contribution in [2.45, 2.75) is 57.7 Å². The minimum atomic E-state index is -0.281. The van der Waals surface area contributed by atoms with E-state index in [-0.39, 0.29) is 17.6 Å². The molecule has 0 spiro atoms. The Kier molecular flexibility index (Phi) is 2.37. The monoisotopic (exact) mass is 184 g/mol. The molecule has 2 bridgehead atoms. The number of rotatable bonds is 0. The molecule has 2 rings (SSSR count). The molecule has 2 N–H and O–H groups in total. The summed E-state index contributed by atoms with van der Waals surface area (Å²) in [5.74, 6) is 0.455. The molecular weight excluding hydrogens is 164 g/mol. The van der Waals surface area contributed by atoms with E-state index in [1.807, 2.05) is 0 Å². The average molecular weight is 184 g/mol. The van der Waals surface area contributed by atoms with Gasteiger partial charge in [0, 0.05) is 5.41 Å². The Morgan fingerprint density at radius 2 is 1.85 bits per heavy atom. The van der Waals surface area contributed by atoms with Crippen molar-refractivity contribution in [3.63, 3.8) is 0 Å². The van der Waals surface area contributed by atoms with Gasteiger partial charge < -0.3 is 10.2 Å². The van der Waals surface area contributed by atoms with Crippen molar-refractivity contribution >= 4 is 0 Å². The van der Waals surface area contributed by atoms with Crippen LogP contribution >= 0.6 is 0 Å². The summed E-state index contributed by atoms with van der Waals surface area (Å²) in [6.07, 6.45) is 5.90. The molecule has 0 aliphatic heterocycles. The van der Waals surface area contributed by atoms with E-state index in [1.165, 1.54) is 12.8 Å². The van der Waals surface area contributed by atoms with E-state index in [2.05, 4.69) is 6.92 Å². The van der Waals surface area contributed by atoms with Crippen LogP contribution in [0.5, 0.6) is 0 Å². The molecular formula is C11H20O2. The molecule has 0 aromatic rings. The predicted molar refractivity (Wildman–Crippen MR) is 51.3 cm³/mol. The van der Waals surface area contributed by atoms with Gasteiger partial charge in [0.1, 0.15) is 0 Å². The summed E-state index contributed by atoms with van der Waals surface area (Å²) in [5, 5.41) is 20.1. The van der Waals surface area contributed by atoms with Crippen LogP contribution in [-0.2, 0) is 0 Å². The zero-order chi connectivity index (χ0) is 9.47. The van der Waals surface area contributed by atoms with Crippen molar-refractivity contribution < 1.29 is 10.2 Å². The highest BCUT2D eigenvalue weighted by molar-refractivity contribution is 4.98. The largest absolute Gasteiger partial charge is 0.392 e. The summed E-state index contributed by atoms with van der Waals surface area (Å²) in [5.41, 5.74) is -0.209. The molecule has 0 aromatic heterocycles. The van der Waals surface area contributed by atoms with Crippen LogP contribution < -0.4 is 0 Å². The van der Waals surface area contributed by atoms with E-state index >= 15 is 0 Å². The summed E-state index contributed by atoms with van der Waals surface area (Å²) in [6, 6.07) is 0. The van der Waals surface area contributed by atoms with Gasteiger partial charge in [-0.1, -0.05) is 19.8 Å². The molecule has 13 heavy (non-hydrogen) atoms. The molecule has 2 aliphatic rings. The minimum Gasteiger partial charge on any atom is -0.392 e. The van der Waals surface area contributed by atoms with Crippen LogP contribution in [0.15, 0.2) is 0 Å². The van der Waals surface area contributed by atoms with Gasteiger partial charge in [0.2, 0.25) is 0 Å². The number of aliphatic hydroxyl groups is 2. The predicted octanol–water partition coefficient (Wildman–Crippen LogP) is 1.70. The van der Waals surface area contributed by atoms with Gasteiger partial charge in [-0.05, 0) is 31.6 Å². The van der Waals surface area contributed by atoms with Crippen LogP contribution in [0, 0.1) is 11.3 Å². The highest BCUT2D eigenvalue weighted by Gasteiger charge is 2.47. The molecule has 2 fully saturated rings. The van der Waals surface area contributed by atoms with Crippen molar-refractivity contribution in [1.82, 2.24) is 0 Å². The van der Waals surface area contributed by atoms with E-state index < -0.39 is 0 Å². The fourth-order valence-electron chi connectivity index (χ4n) is 3.12. The number of aliphatic hydroxyl groups excluding tert-OH is 2. The topological polar surface area (TPSA) is 40.5 Å². The minimum absolute atomic E-state index is 0.209. The van der Waals surface area contributed by atoms with Crippen LogP contribution in [0.3, 0.4) is 0 Å². The van der Waals surface area contributed by atoms with Gasteiger partial charge in [0.15, 0.2) is 0 Å². The molecule has 4 atom stereocenters. The SMILES string of the molecule is C[C@]12CCCC[C@@H](CC[C@@H]1O)[C@H]2O. The van der Waals surface area contributed by atoms with E-state index in [4.69, 9.17) is 0 Å². The smallest absolute Gasteiger partial charge is 0.0646 e. The summed E-state index contributed by atoms with van der Waals surface area (Å²) < 4.78 is 0. The van der Waals surface area contributed by atoms with Crippen LogP contribution in [0.25, 0.3) is 0 Å². The maximum Gasteiger partial charge on any atom is 0.0646 e. The third-order valence-electron chi connectivity index (χ3n) is 4.23. The Morgan fingerprint density at radius 1 is 1.08 bits per heavy atom. The van der Waals surface area contributed by atoms with Gasteiger partial charge in [-0.2, -0.15) is 0 Å². The van der Waals surface area contributed by atoms with Gasteiger partial charge in [-0.3, -0.25) is 0 Å². The van der Waals surface area contributed by atoms with Crippen LogP contribution in [0.4, 0.5) is 0 Å². The van der Waals surface area contributed by atoms with Gasteiger partial charge >= 0.3 is 0 Å². The first-order valence-corrected chi connectivity index (χ1v) is 5.51. The van der Waals surface area contributed by atoms with Crippen molar-refractivity contribution in [2.75, 3.05) is 0 Å². The standard InChI is InChI=1S/C11H20O2/c1-11-7-3-2-4-8(10(11)13)5-6-9(11)12/h8-10,12-13H,2-7H2,1H3/t8-,9-,10+,11-/m0/s1. The second kappa shape index (κ2) is 3.25. The maximum atomic E-state index is 10.1. The molecule has 2 nitrogen and oxygen atoms in total. The average Bonchev–Trinajstić information content (AvgIpc) is 2.19. The quantitative estimate of drug-likeness (QED) is 0.601. The summed E-state index contributed by atoms with van der Waals surface area (Å²) >= 11 is 0. The molecule has 2 heteroatoms. The summed E-state index contributed by atoms with van der Waals surface area (Å²) in [6.45, 7) is 2.06. The van der Waals surface area contributed by atoms with Gasteiger partial charge in [0.05, 0.1) is 12.2 Å². The number of hydrogen-bond donors (Lipinski definition) is 2. The van der Waals surface area contributed by atoms with Crippen LogP contribution in [-0.4, -0.2) is 22.4 Å². The van der Waals surface area contributed by atoms with Crippen molar-refractivity contribution in [3.05, 3.63) is 0 Å². The van der Waals surface area contributed by atoms with Crippen LogP contribution in [0.2, 0.25) is 0 Å². The molecule has 0 heterocycles. The van der Waals surface area contributed by atoms with Crippen molar-refractivity contribution in [2.24, 2.45) is 11.3 Å². The third-order valence-corrected chi connectivity index (χ3v) is 4.23. The lowest BCUT2D eigenvalue weighted by Crippen LogP contribution is -2.49. The zero-order valence-electron chi connectivity index (χ0n) is 8.37. The summed E-state index contributed by atoms with van der Waals surface area (Å²) in [4.78, 5) is 0. The second-order valence-corrected chi connectivity index (χ2v) is 5.05. The van der Waals surface area contributed by atoms with Gasteiger partial charge in [-0.25, -0.2) is 0 Å². The maximum absolute atomic E-state index is 10.1. The Bertz CT molecular complexity index is 193. The Hall–Kier alpha value is -0.0800. The zero-order valence-corrected chi connectivity index (χ0v) is 8.37. The molecule has 0 saturated heterocycles. The van der Waals surface area contributed by atoms with Crippen molar-refractivity contribution in [3.8, 4) is 0 Å². The van der Waals surface area contributed by atoms with E-state index in [0.29, 0.717) is 5.92 Å². The Labute approximate surface area is 80.0 Å². The lowest BCUT2D eigenvalue weighted by atomic mass is 9.65. The lowest BCUT2D eigenvalue weighted by Gasteiger charge is -2.45. The Balaban J connectivity index is 2.24. The van der Waals surface area contributed by atoms with Gasteiger partial charge in [-0.15, -0.1) is 0 Å². The molecule has 0 amide bonds. The molecule has 2 aliphatic carbocycles. The van der Waals surface area contributed by atoms with Crippen molar-refractivity contribution in [1.29, 1.82) is 0 Å². The molecule has 0 aromatic carbocycles. The number of hydrogen-bond acceptors (Lipinski definition) is 2. The number of fused-ring (bicyclic) bond motifs is 2. The lowest BCUT2D eigenvalue weighted by molar-refractivity contribution is -0.116. The highest BCUT2D eigenvalue weighted by Crippen LogP contribution is 2.47. The van der Waals surface area contributed by atoms with E-state index in [9.17, 15) is 10.2 Å². The summed E-state index contributed by atoms with van der Waals surface area (Å²) in [7, 11) is 0. The van der Waals surface area contributed by atoms with E-state index in [1.54, 1.807) is 0 Å². The molecule has 0 unspecified atom stereocenters.